The van der Waals surface area contributed by atoms with Gasteiger partial charge >= 0.3 is 0 Å². The minimum absolute atomic E-state index is 0.738. The number of benzene rings is 2. The fourth-order valence-corrected chi connectivity index (χ4v) is 1.66. The van der Waals surface area contributed by atoms with E-state index in [1.807, 2.05) is 56.7 Å². The van der Waals surface area contributed by atoms with E-state index < -0.39 is 0 Å². The highest BCUT2D eigenvalue weighted by molar-refractivity contribution is 6.30. The molecule has 0 aliphatic heterocycles. The first-order valence-corrected chi connectivity index (χ1v) is 6.10. The lowest BCUT2D eigenvalue weighted by atomic mass is 10.2. The largest absolute Gasteiger partial charge is 0.378 e. The van der Waals surface area contributed by atoms with Gasteiger partial charge in [0.25, 0.3) is 0 Å². The van der Waals surface area contributed by atoms with Crippen LogP contribution in [0.4, 0.5) is 11.4 Å². The van der Waals surface area contributed by atoms with Crippen LogP contribution >= 0.6 is 11.6 Å². The van der Waals surface area contributed by atoms with Crippen molar-refractivity contribution in [3.05, 3.63) is 59.1 Å². The molecule has 0 saturated heterocycles. The van der Waals surface area contributed by atoms with Gasteiger partial charge in [0.05, 0.1) is 5.69 Å². The molecule has 2 rings (SSSR count). The third kappa shape index (κ3) is 3.34. The molecule has 0 heterocycles. The maximum absolute atomic E-state index is 5.83. The molecule has 18 heavy (non-hydrogen) atoms. The Morgan fingerprint density at radius 1 is 0.944 bits per heavy atom. The third-order valence-corrected chi connectivity index (χ3v) is 2.85. The van der Waals surface area contributed by atoms with E-state index in [1.54, 1.807) is 0 Å². The summed E-state index contributed by atoms with van der Waals surface area (Å²) >= 11 is 5.83. The maximum Gasteiger partial charge on any atom is 0.0631 e. The summed E-state index contributed by atoms with van der Waals surface area (Å²) in [4.78, 5) is 6.48. The molecule has 0 atom stereocenters. The molecule has 2 aromatic carbocycles. The average molecular weight is 259 g/mol. The highest BCUT2D eigenvalue weighted by Crippen LogP contribution is 2.18. The number of hydrogen-bond donors (Lipinski definition) is 0. The van der Waals surface area contributed by atoms with E-state index in [4.69, 9.17) is 11.6 Å². The summed E-state index contributed by atoms with van der Waals surface area (Å²) in [5.74, 6) is 0. The van der Waals surface area contributed by atoms with Crippen molar-refractivity contribution in [3.8, 4) is 0 Å². The number of anilines is 1. The van der Waals surface area contributed by atoms with Crippen LogP contribution in [0.3, 0.4) is 0 Å². The van der Waals surface area contributed by atoms with Crippen molar-refractivity contribution < 1.29 is 0 Å². The SMILES string of the molecule is CN(C)c1ccc(/N=C/c2ccc(Cl)cc2)cc1. The van der Waals surface area contributed by atoms with E-state index >= 15 is 0 Å². The van der Waals surface area contributed by atoms with Crippen LogP contribution in [0.2, 0.25) is 5.02 Å². The molecule has 2 aromatic rings. The lowest BCUT2D eigenvalue weighted by molar-refractivity contribution is 1.13. The van der Waals surface area contributed by atoms with Crippen LogP contribution in [0.1, 0.15) is 5.56 Å². The molecule has 0 aliphatic carbocycles. The third-order valence-electron chi connectivity index (χ3n) is 2.60. The topological polar surface area (TPSA) is 15.6 Å². The van der Waals surface area contributed by atoms with Crippen molar-refractivity contribution in [2.45, 2.75) is 0 Å². The predicted molar refractivity (Wildman–Crippen MR) is 79.5 cm³/mol. The lowest BCUT2D eigenvalue weighted by Crippen LogP contribution is -2.07. The maximum atomic E-state index is 5.83. The Labute approximate surface area is 113 Å². The van der Waals surface area contributed by atoms with Crippen molar-refractivity contribution in [1.29, 1.82) is 0 Å². The molecule has 0 fully saturated rings. The summed E-state index contributed by atoms with van der Waals surface area (Å²) < 4.78 is 0. The van der Waals surface area contributed by atoms with Gasteiger partial charge in [-0.25, -0.2) is 0 Å². The Bertz CT molecular complexity index is 527. The zero-order valence-corrected chi connectivity index (χ0v) is 11.2. The molecule has 2 nitrogen and oxygen atoms in total. The summed E-state index contributed by atoms with van der Waals surface area (Å²) in [7, 11) is 4.04. The number of aliphatic imine (C=N–C) groups is 1. The van der Waals surface area contributed by atoms with Gasteiger partial charge in [-0.05, 0) is 42.0 Å². The molecule has 92 valence electrons. The van der Waals surface area contributed by atoms with Crippen LogP contribution in [0, 0.1) is 0 Å². The minimum Gasteiger partial charge on any atom is -0.378 e. The van der Waals surface area contributed by atoms with E-state index in [0.29, 0.717) is 0 Å². The molecule has 0 radical (unpaired) electrons. The fourth-order valence-electron chi connectivity index (χ4n) is 1.53. The number of hydrogen-bond acceptors (Lipinski definition) is 2. The normalized spacial score (nSPS) is 10.8. The Balaban J connectivity index is 2.11. The number of nitrogens with zero attached hydrogens (tertiary/aromatic N) is 2. The van der Waals surface area contributed by atoms with Gasteiger partial charge in [-0.2, -0.15) is 0 Å². The van der Waals surface area contributed by atoms with Crippen LogP contribution in [-0.4, -0.2) is 20.3 Å². The Hall–Kier alpha value is -1.80. The zero-order valence-electron chi connectivity index (χ0n) is 10.5. The van der Waals surface area contributed by atoms with Crippen LogP contribution in [0.25, 0.3) is 0 Å². The Kier molecular flexibility index (Phi) is 4.00. The average Bonchev–Trinajstić information content (AvgIpc) is 2.38. The van der Waals surface area contributed by atoms with E-state index in [-0.39, 0.29) is 0 Å². The molecule has 0 unspecified atom stereocenters. The van der Waals surface area contributed by atoms with Gasteiger partial charge < -0.3 is 4.90 Å². The lowest BCUT2D eigenvalue weighted by Gasteiger charge is -2.11. The van der Waals surface area contributed by atoms with E-state index in [2.05, 4.69) is 22.0 Å². The van der Waals surface area contributed by atoms with Gasteiger partial charge in [0, 0.05) is 31.0 Å². The zero-order chi connectivity index (χ0) is 13.0. The summed E-state index contributed by atoms with van der Waals surface area (Å²) in [6.45, 7) is 0. The van der Waals surface area contributed by atoms with Gasteiger partial charge in [0.1, 0.15) is 0 Å². The highest BCUT2D eigenvalue weighted by atomic mass is 35.5. The first-order valence-electron chi connectivity index (χ1n) is 5.72. The Morgan fingerprint density at radius 3 is 2.11 bits per heavy atom. The smallest absolute Gasteiger partial charge is 0.0631 e. The van der Waals surface area contributed by atoms with Crippen molar-refractivity contribution in [2.75, 3.05) is 19.0 Å². The van der Waals surface area contributed by atoms with Crippen molar-refractivity contribution in [3.63, 3.8) is 0 Å². The minimum atomic E-state index is 0.738. The van der Waals surface area contributed by atoms with Crippen molar-refractivity contribution in [1.82, 2.24) is 0 Å². The molecular formula is C15H15ClN2. The summed E-state index contributed by atoms with van der Waals surface area (Å²) in [5.41, 5.74) is 3.15. The van der Waals surface area contributed by atoms with Gasteiger partial charge in [-0.1, -0.05) is 23.7 Å². The predicted octanol–water partition coefficient (Wildman–Crippen LogP) is 4.16. The standard InChI is InChI=1S/C15H15ClN2/c1-18(2)15-9-7-14(8-10-15)17-11-12-3-5-13(16)6-4-12/h3-11H,1-2H3/b17-11+. The van der Waals surface area contributed by atoms with Gasteiger partial charge in [-0.15, -0.1) is 0 Å². The fraction of sp³-hybridized carbons (Fsp3) is 0.133. The molecule has 3 heteroatoms. The quantitative estimate of drug-likeness (QED) is 0.755. The monoisotopic (exact) mass is 258 g/mol. The van der Waals surface area contributed by atoms with Gasteiger partial charge in [0.15, 0.2) is 0 Å². The van der Waals surface area contributed by atoms with Gasteiger partial charge in [-0.3, -0.25) is 4.99 Å². The van der Waals surface area contributed by atoms with Crippen LogP contribution in [-0.2, 0) is 0 Å². The molecular weight excluding hydrogens is 244 g/mol. The molecule has 0 N–H and O–H groups in total. The second kappa shape index (κ2) is 5.69. The number of rotatable bonds is 3. The van der Waals surface area contributed by atoms with Crippen molar-refractivity contribution >= 4 is 29.2 Å². The van der Waals surface area contributed by atoms with E-state index in [1.165, 1.54) is 5.69 Å². The molecule has 0 bridgehead atoms. The molecule has 0 amide bonds. The Morgan fingerprint density at radius 2 is 1.56 bits per heavy atom. The highest BCUT2D eigenvalue weighted by Gasteiger charge is 1.94. The van der Waals surface area contributed by atoms with Gasteiger partial charge in [0.2, 0.25) is 0 Å². The first-order chi connectivity index (χ1) is 8.65. The van der Waals surface area contributed by atoms with Crippen LogP contribution in [0.5, 0.6) is 0 Å². The second-order valence-corrected chi connectivity index (χ2v) is 4.66. The summed E-state index contributed by atoms with van der Waals surface area (Å²) in [5, 5.41) is 0.738. The molecule has 0 spiro atoms. The summed E-state index contributed by atoms with van der Waals surface area (Å²) in [6.07, 6.45) is 1.83. The van der Waals surface area contributed by atoms with E-state index in [9.17, 15) is 0 Å². The van der Waals surface area contributed by atoms with E-state index in [0.717, 1.165) is 16.3 Å². The van der Waals surface area contributed by atoms with Crippen molar-refractivity contribution in [2.24, 2.45) is 4.99 Å². The van der Waals surface area contributed by atoms with Crippen LogP contribution in [0.15, 0.2) is 53.5 Å². The number of halogens is 1. The molecule has 0 aromatic heterocycles. The first kappa shape index (κ1) is 12.7. The molecule has 0 saturated carbocycles. The second-order valence-electron chi connectivity index (χ2n) is 4.22. The van der Waals surface area contributed by atoms with Crippen LogP contribution < -0.4 is 4.90 Å². The molecule has 0 aliphatic rings. The summed E-state index contributed by atoms with van der Waals surface area (Å²) in [6, 6.07) is 15.7.